The molecule has 0 aliphatic heterocycles. The van der Waals surface area contributed by atoms with Crippen LogP contribution in [0.5, 0.6) is 0 Å². The summed E-state index contributed by atoms with van der Waals surface area (Å²) in [5, 5.41) is 8.84. The Kier molecular flexibility index (Phi) is 5.84. The molecule has 23 heavy (non-hydrogen) atoms. The molecule has 1 aromatic rings. The molecule has 1 amide bonds. The maximum Gasteiger partial charge on any atom is 0.305 e. The van der Waals surface area contributed by atoms with E-state index in [4.69, 9.17) is 5.11 Å². The van der Waals surface area contributed by atoms with Gasteiger partial charge in [0.25, 0.3) is 0 Å². The van der Waals surface area contributed by atoms with Gasteiger partial charge in [0.05, 0.1) is 6.42 Å². The van der Waals surface area contributed by atoms with E-state index >= 15 is 0 Å². The standard InChI is InChI=1S/C17H19F2NO3/c18-14-8-4-7-13(16(14)19)11-20(10-9-15(21)22)17(23)12-5-2-1-3-6-12/h1-2,4,7-8,12H,3,5-6,9-11H2,(H,21,22). The molecule has 1 aromatic carbocycles. The number of rotatable bonds is 6. The molecule has 1 aliphatic rings. The molecule has 1 N–H and O–H groups in total. The van der Waals surface area contributed by atoms with Crippen molar-refractivity contribution in [3.63, 3.8) is 0 Å². The van der Waals surface area contributed by atoms with Gasteiger partial charge in [-0.3, -0.25) is 9.59 Å². The lowest BCUT2D eigenvalue weighted by Gasteiger charge is -2.28. The average Bonchev–Trinajstić information content (AvgIpc) is 2.55. The first-order chi connectivity index (χ1) is 11.0. The number of halogens is 2. The summed E-state index contributed by atoms with van der Waals surface area (Å²) in [7, 11) is 0. The normalized spacial score (nSPS) is 17.0. The predicted octanol–water partition coefficient (Wildman–Crippen LogP) is 3.12. The highest BCUT2D eigenvalue weighted by molar-refractivity contribution is 5.79. The molecule has 1 aliphatic carbocycles. The molecule has 0 saturated heterocycles. The number of hydrogen-bond acceptors (Lipinski definition) is 2. The molecule has 0 aromatic heterocycles. The molecule has 0 bridgehead atoms. The number of carboxylic acids is 1. The van der Waals surface area contributed by atoms with E-state index in [0.29, 0.717) is 12.8 Å². The van der Waals surface area contributed by atoms with E-state index in [-0.39, 0.29) is 36.9 Å². The summed E-state index contributed by atoms with van der Waals surface area (Å²) < 4.78 is 27.1. The lowest BCUT2D eigenvalue weighted by atomic mass is 9.93. The van der Waals surface area contributed by atoms with Gasteiger partial charge in [-0.25, -0.2) is 8.78 Å². The van der Waals surface area contributed by atoms with Crippen molar-refractivity contribution in [2.24, 2.45) is 5.92 Å². The fourth-order valence-corrected chi connectivity index (χ4v) is 2.65. The number of amides is 1. The van der Waals surface area contributed by atoms with E-state index in [2.05, 4.69) is 0 Å². The van der Waals surface area contributed by atoms with Crippen LogP contribution in [0.1, 0.15) is 31.2 Å². The third-order valence-corrected chi connectivity index (χ3v) is 3.92. The Morgan fingerprint density at radius 1 is 1.26 bits per heavy atom. The Morgan fingerprint density at radius 2 is 2.04 bits per heavy atom. The largest absolute Gasteiger partial charge is 0.481 e. The predicted molar refractivity (Wildman–Crippen MR) is 80.5 cm³/mol. The molecule has 1 unspecified atom stereocenters. The third kappa shape index (κ3) is 4.61. The number of carboxylic acid groups (broad SMARTS) is 1. The molecule has 124 valence electrons. The van der Waals surface area contributed by atoms with Gasteiger partial charge < -0.3 is 10.0 Å². The van der Waals surface area contributed by atoms with Gasteiger partial charge >= 0.3 is 5.97 Å². The monoisotopic (exact) mass is 323 g/mol. The molecule has 2 rings (SSSR count). The maximum atomic E-state index is 13.8. The van der Waals surface area contributed by atoms with Crippen LogP contribution in [0.15, 0.2) is 30.4 Å². The van der Waals surface area contributed by atoms with Gasteiger partial charge in [0, 0.05) is 24.6 Å². The molecule has 0 fully saturated rings. The molecule has 0 heterocycles. The van der Waals surface area contributed by atoms with E-state index in [9.17, 15) is 18.4 Å². The van der Waals surface area contributed by atoms with E-state index in [0.717, 1.165) is 12.5 Å². The van der Waals surface area contributed by atoms with Crippen LogP contribution < -0.4 is 0 Å². The summed E-state index contributed by atoms with van der Waals surface area (Å²) >= 11 is 0. The van der Waals surface area contributed by atoms with Crippen molar-refractivity contribution in [2.75, 3.05) is 6.54 Å². The van der Waals surface area contributed by atoms with Crippen molar-refractivity contribution < 1.29 is 23.5 Å². The summed E-state index contributed by atoms with van der Waals surface area (Å²) in [5.41, 5.74) is 0.0510. The summed E-state index contributed by atoms with van der Waals surface area (Å²) in [4.78, 5) is 24.7. The number of carbonyl (C=O) groups is 2. The second kappa shape index (κ2) is 7.85. The van der Waals surface area contributed by atoms with Crippen molar-refractivity contribution >= 4 is 11.9 Å². The lowest BCUT2D eigenvalue weighted by molar-refractivity contribution is -0.140. The minimum Gasteiger partial charge on any atom is -0.481 e. The van der Waals surface area contributed by atoms with Crippen LogP contribution in [0.25, 0.3) is 0 Å². The smallest absolute Gasteiger partial charge is 0.305 e. The lowest BCUT2D eigenvalue weighted by Crippen LogP contribution is -2.37. The molecular formula is C17H19F2NO3. The highest BCUT2D eigenvalue weighted by Gasteiger charge is 2.25. The highest BCUT2D eigenvalue weighted by Crippen LogP contribution is 2.22. The number of aliphatic carboxylic acids is 1. The van der Waals surface area contributed by atoms with Crippen LogP contribution in [0.3, 0.4) is 0 Å². The van der Waals surface area contributed by atoms with Crippen molar-refractivity contribution in [2.45, 2.75) is 32.2 Å². The van der Waals surface area contributed by atoms with E-state index < -0.39 is 17.6 Å². The number of carbonyl (C=O) groups excluding carboxylic acids is 1. The van der Waals surface area contributed by atoms with Gasteiger partial charge in [0.2, 0.25) is 5.91 Å². The summed E-state index contributed by atoms with van der Waals surface area (Å²) in [6.45, 7) is -0.153. The first kappa shape index (κ1) is 17.1. The summed E-state index contributed by atoms with van der Waals surface area (Å²) in [6.07, 6.45) is 5.75. The molecule has 0 radical (unpaired) electrons. The topological polar surface area (TPSA) is 57.6 Å². The van der Waals surface area contributed by atoms with Crippen molar-refractivity contribution in [1.29, 1.82) is 0 Å². The second-order valence-corrected chi connectivity index (χ2v) is 5.60. The third-order valence-electron chi connectivity index (χ3n) is 3.92. The number of nitrogens with zero attached hydrogens (tertiary/aromatic N) is 1. The fourth-order valence-electron chi connectivity index (χ4n) is 2.65. The molecule has 4 nitrogen and oxygen atoms in total. The Hall–Kier alpha value is -2.24. The summed E-state index contributed by atoms with van der Waals surface area (Å²) in [6, 6.07) is 3.78. The van der Waals surface area contributed by atoms with Crippen LogP contribution in [-0.2, 0) is 16.1 Å². The number of benzene rings is 1. The van der Waals surface area contributed by atoms with E-state index in [1.54, 1.807) is 0 Å². The zero-order valence-corrected chi connectivity index (χ0v) is 12.7. The van der Waals surface area contributed by atoms with Crippen molar-refractivity contribution in [3.05, 3.63) is 47.5 Å². The number of hydrogen-bond donors (Lipinski definition) is 1. The first-order valence-electron chi connectivity index (χ1n) is 7.57. The van der Waals surface area contributed by atoms with Gasteiger partial charge in [0.15, 0.2) is 11.6 Å². The minimum atomic E-state index is -1.04. The second-order valence-electron chi connectivity index (χ2n) is 5.60. The molecule has 1 atom stereocenters. The highest BCUT2D eigenvalue weighted by atomic mass is 19.2. The van der Waals surface area contributed by atoms with E-state index in [1.165, 1.54) is 17.0 Å². The zero-order valence-electron chi connectivity index (χ0n) is 12.7. The maximum absolute atomic E-state index is 13.8. The van der Waals surface area contributed by atoms with Gasteiger partial charge in [-0.1, -0.05) is 24.3 Å². The summed E-state index contributed by atoms with van der Waals surface area (Å²) in [5.74, 6) is -3.45. The van der Waals surface area contributed by atoms with Crippen LogP contribution in [0.2, 0.25) is 0 Å². The minimum absolute atomic E-state index is 0.0235. The molecular weight excluding hydrogens is 304 g/mol. The zero-order chi connectivity index (χ0) is 16.8. The van der Waals surface area contributed by atoms with Crippen LogP contribution >= 0.6 is 0 Å². The van der Waals surface area contributed by atoms with Crippen molar-refractivity contribution in [3.8, 4) is 0 Å². The Morgan fingerprint density at radius 3 is 2.70 bits per heavy atom. The Bertz CT molecular complexity index is 616. The quantitative estimate of drug-likeness (QED) is 0.818. The molecule has 6 heteroatoms. The van der Waals surface area contributed by atoms with Crippen LogP contribution in [-0.4, -0.2) is 28.4 Å². The van der Waals surface area contributed by atoms with Gasteiger partial charge in [0.1, 0.15) is 0 Å². The van der Waals surface area contributed by atoms with Gasteiger partial charge in [-0.05, 0) is 25.3 Å². The first-order valence-corrected chi connectivity index (χ1v) is 7.57. The Labute approximate surface area is 133 Å². The van der Waals surface area contributed by atoms with Crippen LogP contribution in [0, 0.1) is 17.6 Å². The Balaban J connectivity index is 2.15. The SMILES string of the molecule is O=C(O)CCN(Cc1cccc(F)c1F)C(=O)C1CC=CCC1. The van der Waals surface area contributed by atoms with Crippen molar-refractivity contribution in [1.82, 2.24) is 4.90 Å². The molecule has 0 spiro atoms. The van der Waals surface area contributed by atoms with Crippen LogP contribution in [0.4, 0.5) is 8.78 Å². The van der Waals surface area contributed by atoms with Gasteiger partial charge in [-0.2, -0.15) is 0 Å². The van der Waals surface area contributed by atoms with E-state index in [1.807, 2.05) is 12.2 Å². The van der Waals surface area contributed by atoms with Gasteiger partial charge in [-0.15, -0.1) is 0 Å². The fraction of sp³-hybridized carbons (Fsp3) is 0.412. The number of allylic oxidation sites excluding steroid dienone is 2. The molecule has 0 saturated carbocycles. The average molecular weight is 323 g/mol.